The summed E-state index contributed by atoms with van der Waals surface area (Å²) in [7, 11) is 0. The molecule has 1 heterocycles. The van der Waals surface area contributed by atoms with Crippen LogP contribution < -0.4 is 0 Å². The number of benzene rings is 1. The zero-order valence-corrected chi connectivity index (χ0v) is 11.5. The Labute approximate surface area is 118 Å². The molecule has 20 heavy (non-hydrogen) atoms. The lowest BCUT2D eigenvalue weighted by Gasteiger charge is -2.33. The molecule has 1 aromatic carbocycles. The van der Waals surface area contributed by atoms with E-state index in [0.717, 1.165) is 6.42 Å². The lowest BCUT2D eigenvalue weighted by atomic mass is 10.1. The Morgan fingerprint density at radius 2 is 1.65 bits per heavy atom. The van der Waals surface area contributed by atoms with Crippen LogP contribution in [0.2, 0.25) is 0 Å². The maximum Gasteiger partial charge on any atom is 0.243 e. The van der Waals surface area contributed by atoms with E-state index in [1.807, 2.05) is 13.0 Å². The first kappa shape index (κ1) is 14.2. The summed E-state index contributed by atoms with van der Waals surface area (Å²) in [5, 5.41) is 0. The molecule has 1 aromatic rings. The smallest absolute Gasteiger partial charge is 0.243 e. The summed E-state index contributed by atoms with van der Waals surface area (Å²) in [5.74, 6) is -0.398. The molecular formula is C15H18N2O3. The topological polar surface area (TPSA) is 57.7 Å². The Hall–Kier alpha value is -2.17. The molecule has 1 aliphatic heterocycles. The van der Waals surface area contributed by atoms with Gasteiger partial charge in [-0.3, -0.25) is 14.4 Å². The first-order valence-electron chi connectivity index (χ1n) is 6.75. The molecule has 0 atom stereocenters. The van der Waals surface area contributed by atoms with Gasteiger partial charge in [-0.05, 0) is 6.42 Å². The molecule has 0 N–H and O–H groups in total. The van der Waals surface area contributed by atoms with Crippen molar-refractivity contribution in [2.75, 3.05) is 26.2 Å². The summed E-state index contributed by atoms with van der Waals surface area (Å²) < 4.78 is 0. The van der Waals surface area contributed by atoms with Crippen molar-refractivity contribution in [2.24, 2.45) is 0 Å². The van der Waals surface area contributed by atoms with E-state index in [2.05, 4.69) is 0 Å². The van der Waals surface area contributed by atoms with Crippen molar-refractivity contribution in [3.05, 3.63) is 35.9 Å². The second kappa shape index (κ2) is 6.32. The van der Waals surface area contributed by atoms with E-state index < -0.39 is 0 Å². The molecular weight excluding hydrogens is 256 g/mol. The monoisotopic (exact) mass is 274 g/mol. The van der Waals surface area contributed by atoms with Gasteiger partial charge in [0, 0.05) is 12.1 Å². The van der Waals surface area contributed by atoms with Crippen LogP contribution in [0.5, 0.6) is 0 Å². The van der Waals surface area contributed by atoms with Crippen LogP contribution in [0.4, 0.5) is 0 Å². The summed E-state index contributed by atoms with van der Waals surface area (Å²) >= 11 is 0. The number of hydrogen-bond acceptors (Lipinski definition) is 3. The summed E-state index contributed by atoms with van der Waals surface area (Å²) in [6.07, 6.45) is 0.821. The zero-order chi connectivity index (χ0) is 14.5. The molecule has 5 heteroatoms. The highest BCUT2D eigenvalue weighted by molar-refractivity contribution is 6.01. The molecule has 2 amide bonds. The van der Waals surface area contributed by atoms with E-state index in [0.29, 0.717) is 12.1 Å². The third-order valence-corrected chi connectivity index (χ3v) is 3.28. The molecule has 1 fully saturated rings. The van der Waals surface area contributed by atoms with Gasteiger partial charge in [-0.15, -0.1) is 0 Å². The second-order valence-corrected chi connectivity index (χ2v) is 4.85. The number of Topliss-reactive ketones (excluding diaryl/α,β-unsaturated/α-hetero) is 1. The van der Waals surface area contributed by atoms with E-state index in [4.69, 9.17) is 0 Å². The van der Waals surface area contributed by atoms with Crippen LogP contribution >= 0.6 is 0 Å². The van der Waals surface area contributed by atoms with Gasteiger partial charge < -0.3 is 9.80 Å². The number of amides is 2. The number of carbonyl (C=O) groups excluding carboxylic acids is 3. The SMILES string of the molecule is CCCN1CC(=O)N(CC(=O)c2ccccc2)CC1=O. The fourth-order valence-corrected chi connectivity index (χ4v) is 2.21. The van der Waals surface area contributed by atoms with Gasteiger partial charge in [-0.2, -0.15) is 0 Å². The Kier molecular flexibility index (Phi) is 4.50. The molecule has 0 radical (unpaired) electrons. The van der Waals surface area contributed by atoms with Crippen molar-refractivity contribution in [1.82, 2.24) is 9.80 Å². The maximum atomic E-state index is 12.1. The van der Waals surface area contributed by atoms with E-state index in [1.54, 1.807) is 29.2 Å². The molecule has 106 valence electrons. The minimum absolute atomic E-state index is 0.00257. The predicted octanol–water partition coefficient (Wildman–Crippen LogP) is 0.950. The molecule has 1 saturated heterocycles. The Bertz CT molecular complexity index is 513. The number of rotatable bonds is 5. The number of ketones is 1. The summed E-state index contributed by atoms with van der Waals surface area (Å²) in [5.41, 5.74) is 0.559. The quantitative estimate of drug-likeness (QED) is 0.751. The second-order valence-electron chi connectivity index (χ2n) is 4.85. The van der Waals surface area contributed by atoms with E-state index in [9.17, 15) is 14.4 Å². The Morgan fingerprint density at radius 1 is 1.05 bits per heavy atom. The molecule has 0 bridgehead atoms. The molecule has 0 saturated carbocycles. The highest BCUT2D eigenvalue weighted by Crippen LogP contribution is 2.08. The third kappa shape index (κ3) is 3.23. The van der Waals surface area contributed by atoms with Crippen molar-refractivity contribution < 1.29 is 14.4 Å². The minimum Gasteiger partial charge on any atom is -0.332 e. The third-order valence-electron chi connectivity index (χ3n) is 3.28. The van der Waals surface area contributed by atoms with E-state index in [-0.39, 0.29) is 37.2 Å². The van der Waals surface area contributed by atoms with Gasteiger partial charge >= 0.3 is 0 Å². The lowest BCUT2D eigenvalue weighted by Crippen LogP contribution is -2.54. The number of piperazine rings is 1. The predicted molar refractivity (Wildman–Crippen MR) is 74.2 cm³/mol. The first-order chi connectivity index (χ1) is 9.61. The number of nitrogens with zero attached hydrogens (tertiary/aromatic N) is 2. The number of hydrogen-bond donors (Lipinski definition) is 0. The normalized spacial score (nSPS) is 15.7. The lowest BCUT2D eigenvalue weighted by molar-refractivity contribution is -0.149. The summed E-state index contributed by atoms with van der Waals surface area (Å²) in [6, 6.07) is 8.80. The van der Waals surface area contributed by atoms with Crippen molar-refractivity contribution in [3.63, 3.8) is 0 Å². The molecule has 0 aliphatic carbocycles. The van der Waals surface area contributed by atoms with Gasteiger partial charge in [0.1, 0.15) is 6.54 Å². The molecule has 2 rings (SSSR count). The van der Waals surface area contributed by atoms with Crippen molar-refractivity contribution in [1.29, 1.82) is 0 Å². The molecule has 0 spiro atoms. The van der Waals surface area contributed by atoms with Gasteiger partial charge in [0.15, 0.2) is 5.78 Å². The highest BCUT2D eigenvalue weighted by Gasteiger charge is 2.30. The average molecular weight is 274 g/mol. The van der Waals surface area contributed by atoms with Gasteiger partial charge in [0.05, 0.1) is 13.1 Å². The minimum atomic E-state index is -0.165. The fourth-order valence-electron chi connectivity index (χ4n) is 2.21. The molecule has 0 aromatic heterocycles. The maximum absolute atomic E-state index is 12.1. The largest absolute Gasteiger partial charge is 0.332 e. The van der Waals surface area contributed by atoms with Crippen molar-refractivity contribution >= 4 is 17.6 Å². The molecule has 1 aliphatic rings. The van der Waals surface area contributed by atoms with Gasteiger partial charge in [0.25, 0.3) is 0 Å². The van der Waals surface area contributed by atoms with E-state index in [1.165, 1.54) is 4.90 Å². The van der Waals surface area contributed by atoms with E-state index >= 15 is 0 Å². The molecule has 5 nitrogen and oxygen atoms in total. The van der Waals surface area contributed by atoms with Gasteiger partial charge in [-0.1, -0.05) is 37.3 Å². The zero-order valence-electron chi connectivity index (χ0n) is 11.5. The first-order valence-corrected chi connectivity index (χ1v) is 6.75. The summed E-state index contributed by atoms with van der Waals surface area (Å²) in [4.78, 5) is 38.8. The van der Waals surface area contributed by atoms with Crippen LogP contribution in [0.3, 0.4) is 0 Å². The van der Waals surface area contributed by atoms with Crippen LogP contribution in [0.25, 0.3) is 0 Å². The Morgan fingerprint density at radius 3 is 2.30 bits per heavy atom. The van der Waals surface area contributed by atoms with Crippen molar-refractivity contribution in [3.8, 4) is 0 Å². The van der Waals surface area contributed by atoms with Crippen LogP contribution in [-0.4, -0.2) is 53.6 Å². The van der Waals surface area contributed by atoms with Crippen LogP contribution in [-0.2, 0) is 9.59 Å². The van der Waals surface area contributed by atoms with Crippen LogP contribution in [0, 0.1) is 0 Å². The summed E-state index contributed by atoms with van der Waals surface area (Å²) in [6.45, 7) is 2.59. The number of carbonyl (C=O) groups is 3. The van der Waals surface area contributed by atoms with Gasteiger partial charge in [0.2, 0.25) is 11.8 Å². The highest BCUT2D eigenvalue weighted by atomic mass is 16.2. The molecule has 0 unspecified atom stereocenters. The van der Waals surface area contributed by atoms with Crippen molar-refractivity contribution in [2.45, 2.75) is 13.3 Å². The van der Waals surface area contributed by atoms with Gasteiger partial charge in [-0.25, -0.2) is 0 Å². The Balaban J connectivity index is 1.99. The average Bonchev–Trinajstić information content (AvgIpc) is 2.45. The standard InChI is InChI=1S/C15H18N2O3/c1-2-8-16-10-15(20)17(11-14(16)19)9-13(18)12-6-4-3-5-7-12/h3-7H,2,8-11H2,1H3. The van der Waals surface area contributed by atoms with Crippen LogP contribution in [0.1, 0.15) is 23.7 Å². The van der Waals surface area contributed by atoms with Crippen LogP contribution in [0.15, 0.2) is 30.3 Å². The fraction of sp³-hybridized carbons (Fsp3) is 0.400.